The van der Waals surface area contributed by atoms with Crippen LogP contribution in [0.3, 0.4) is 0 Å². The van der Waals surface area contributed by atoms with Gasteiger partial charge < -0.3 is 5.11 Å². The number of aliphatic hydroxyl groups is 1. The Morgan fingerprint density at radius 2 is 1.38 bits per heavy atom. The molecule has 0 saturated carbocycles. The molecule has 2 aromatic carbocycles. The van der Waals surface area contributed by atoms with Gasteiger partial charge in [0.15, 0.2) is 0 Å². The van der Waals surface area contributed by atoms with Crippen LogP contribution in [0.1, 0.15) is 17.0 Å². The third kappa shape index (κ3) is 4.39. The molecular formula is C16H18O4S. The monoisotopic (exact) mass is 306 g/mol. The molecule has 1 N–H and O–H groups in total. The summed E-state index contributed by atoms with van der Waals surface area (Å²) in [6.07, 6.45) is 0.132. The normalized spacial score (nSPS) is 13.3. The summed E-state index contributed by atoms with van der Waals surface area (Å²) in [6, 6.07) is 18.9. The quantitative estimate of drug-likeness (QED) is 0.831. The maximum Gasteiger partial charge on any atom is 0.264 e. The number of rotatable bonds is 6. The van der Waals surface area contributed by atoms with Crippen molar-refractivity contribution in [3.05, 3.63) is 71.8 Å². The van der Waals surface area contributed by atoms with E-state index in [9.17, 15) is 13.5 Å². The fourth-order valence-corrected chi connectivity index (χ4v) is 2.98. The van der Waals surface area contributed by atoms with Crippen molar-refractivity contribution in [3.63, 3.8) is 0 Å². The molecule has 4 nitrogen and oxygen atoms in total. The van der Waals surface area contributed by atoms with Crippen molar-refractivity contribution < 1.29 is 17.7 Å². The molecule has 0 amide bonds. The zero-order valence-electron chi connectivity index (χ0n) is 11.7. The lowest BCUT2D eigenvalue weighted by atomic mass is 9.87. The number of aliphatic hydroxyl groups excluding tert-OH is 1. The second-order valence-electron chi connectivity index (χ2n) is 4.82. The zero-order valence-corrected chi connectivity index (χ0v) is 12.5. The lowest BCUT2D eigenvalue weighted by Gasteiger charge is -2.25. The van der Waals surface area contributed by atoms with E-state index in [0.717, 1.165) is 17.4 Å². The van der Waals surface area contributed by atoms with E-state index in [0.29, 0.717) is 0 Å². The Bertz CT molecular complexity index is 614. The van der Waals surface area contributed by atoms with Gasteiger partial charge in [-0.2, -0.15) is 8.42 Å². The van der Waals surface area contributed by atoms with Crippen LogP contribution in [0.4, 0.5) is 0 Å². The topological polar surface area (TPSA) is 63.6 Å². The largest absolute Gasteiger partial charge is 0.394 e. The number of benzene rings is 2. The Morgan fingerprint density at radius 1 is 0.952 bits per heavy atom. The van der Waals surface area contributed by atoms with E-state index in [1.165, 1.54) is 0 Å². The Balaban J connectivity index is 2.45. The molecule has 0 bridgehead atoms. The van der Waals surface area contributed by atoms with Crippen molar-refractivity contribution in [2.75, 3.05) is 12.9 Å². The van der Waals surface area contributed by atoms with Crippen LogP contribution in [0.25, 0.3) is 0 Å². The van der Waals surface area contributed by atoms with Crippen molar-refractivity contribution >= 4 is 10.1 Å². The van der Waals surface area contributed by atoms with Crippen molar-refractivity contribution in [2.24, 2.45) is 0 Å². The summed E-state index contributed by atoms with van der Waals surface area (Å²) in [6.45, 7) is -0.387. The molecular weight excluding hydrogens is 288 g/mol. The fourth-order valence-electron chi connectivity index (χ4n) is 2.36. The molecule has 21 heavy (non-hydrogen) atoms. The SMILES string of the molecule is CS(=O)(=O)OC(CO)C(c1ccccc1)c1ccccc1. The molecule has 0 fully saturated rings. The van der Waals surface area contributed by atoms with Gasteiger partial charge in [-0.05, 0) is 11.1 Å². The van der Waals surface area contributed by atoms with Gasteiger partial charge in [0, 0.05) is 5.92 Å². The van der Waals surface area contributed by atoms with Gasteiger partial charge in [-0.15, -0.1) is 0 Å². The summed E-state index contributed by atoms with van der Waals surface area (Å²) in [4.78, 5) is 0. The summed E-state index contributed by atoms with van der Waals surface area (Å²) in [5.41, 5.74) is 1.79. The molecule has 1 atom stereocenters. The van der Waals surface area contributed by atoms with Crippen molar-refractivity contribution in [3.8, 4) is 0 Å². The highest BCUT2D eigenvalue weighted by molar-refractivity contribution is 7.86. The van der Waals surface area contributed by atoms with Gasteiger partial charge in [0.2, 0.25) is 0 Å². The van der Waals surface area contributed by atoms with Crippen molar-refractivity contribution in [1.29, 1.82) is 0 Å². The highest BCUT2D eigenvalue weighted by Crippen LogP contribution is 2.30. The molecule has 0 aliphatic carbocycles. The van der Waals surface area contributed by atoms with Gasteiger partial charge in [0.25, 0.3) is 10.1 Å². The summed E-state index contributed by atoms with van der Waals surface area (Å²) >= 11 is 0. The van der Waals surface area contributed by atoms with Crippen molar-refractivity contribution in [1.82, 2.24) is 0 Å². The van der Waals surface area contributed by atoms with Gasteiger partial charge in [0.05, 0.1) is 12.9 Å². The maximum atomic E-state index is 11.4. The molecule has 0 aliphatic rings. The molecule has 0 radical (unpaired) electrons. The van der Waals surface area contributed by atoms with Crippen LogP contribution in [-0.4, -0.2) is 32.5 Å². The molecule has 1 unspecified atom stereocenters. The van der Waals surface area contributed by atoms with E-state index in [2.05, 4.69) is 0 Å². The van der Waals surface area contributed by atoms with Crippen LogP contribution in [0.15, 0.2) is 60.7 Å². The molecule has 0 spiro atoms. The molecule has 0 aliphatic heterocycles. The van der Waals surface area contributed by atoms with Gasteiger partial charge in [-0.25, -0.2) is 0 Å². The summed E-state index contributed by atoms with van der Waals surface area (Å²) in [7, 11) is -3.66. The van der Waals surface area contributed by atoms with Crippen molar-refractivity contribution in [2.45, 2.75) is 12.0 Å². The molecule has 0 saturated heterocycles. The average Bonchev–Trinajstić information content (AvgIpc) is 2.47. The van der Waals surface area contributed by atoms with Crippen LogP contribution in [0.5, 0.6) is 0 Å². The molecule has 5 heteroatoms. The van der Waals surface area contributed by atoms with Gasteiger partial charge in [-0.3, -0.25) is 4.18 Å². The lowest BCUT2D eigenvalue weighted by Crippen LogP contribution is -2.29. The van der Waals surface area contributed by atoms with Crippen LogP contribution in [-0.2, 0) is 14.3 Å². The summed E-state index contributed by atoms with van der Waals surface area (Å²) in [5.74, 6) is -0.355. The maximum absolute atomic E-state index is 11.4. The third-order valence-corrected chi connectivity index (χ3v) is 3.76. The first-order valence-corrected chi connectivity index (χ1v) is 8.42. The van der Waals surface area contributed by atoms with Gasteiger partial charge in [-0.1, -0.05) is 60.7 Å². The molecule has 112 valence electrons. The molecule has 2 aromatic rings. The average molecular weight is 306 g/mol. The Labute approximate surface area is 125 Å². The predicted octanol–water partition coefficient (Wildman–Crippen LogP) is 2.16. The zero-order chi connectivity index (χ0) is 15.3. The first kappa shape index (κ1) is 15.7. The lowest BCUT2D eigenvalue weighted by molar-refractivity contribution is 0.109. The highest BCUT2D eigenvalue weighted by Gasteiger charge is 2.28. The van der Waals surface area contributed by atoms with E-state index < -0.39 is 16.2 Å². The van der Waals surface area contributed by atoms with E-state index in [-0.39, 0.29) is 12.5 Å². The minimum atomic E-state index is -3.66. The van der Waals surface area contributed by atoms with E-state index in [1.807, 2.05) is 60.7 Å². The third-order valence-electron chi connectivity index (χ3n) is 3.17. The van der Waals surface area contributed by atoms with E-state index >= 15 is 0 Å². The van der Waals surface area contributed by atoms with Crippen LogP contribution < -0.4 is 0 Å². The van der Waals surface area contributed by atoms with Gasteiger partial charge >= 0.3 is 0 Å². The second-order valence-corrected chi connectivity index (χ2v) is 6.42. The summed E-state index contributed by atoms with van der Waals surface area (Å²) < 4.78 is 27.9. The first-order valence-electron chi connectivity index (χ1n) is 6.60. The Hall–Kier alpha value is -1.69. The molecule has 0 aromatic heterocycles. The van der Waals surface area contributed by atoms with Crippen LogP contribution in [0, 0.1) is 0 Å². The minimum absolute atomic E-state index is 0.355. The van der Waals surface area contributed by atoms with Crippen LogP contribution in [0.2, 0.25) is 0 Å². The van der Waals surface area contributed by atoms with Crippen LogP contribution >= 0.6 is 0 Å². The predicted molar refractivity (Wildman–Crippen MR) is 81.5 cm³/mol. The standard InChI is InChI=1S/C16H18O4S/c1-21(18,19)20-15(12-17)16(13-8-4-2-5-9-13)14-10-6-3-7-11-14/h2-11,15-17H,12H2,1H3. The second kappa shape index (κ2) is 6.85. The first-order chi connectivity index (χ1) is 10.0. The number of hydrogen-bond acceptors (Lipinski definition) is 4. The minimum Gasteiger partial charge on any atom is -0.394 e. The van der Waals surface area contributed by atoms with E-state index in [1.54, 1.807) is 0 Å². The van der Waals surface area contributed by atoms with E-state index in [4.69, 9.17) is 4.18 Å². The highest BCUT2D eigenvalue weighted by atomic mass is 32.2. The fraction of sp³-hybridized carbons (Fsp3) is 0.250. The van der Waals surface area contributed by atoms with Gasteiger partial charge in [0.1, 0.15) is 6.10 Å². The smallest absolute Gasteiger partial charge is 0.264 e. The molecule has 2 rings (SSSR count). The molecule has 0 heterocycles. The summed E-state index contributed by atoms with van der Waals surface area (Å²) in [5, 5.41) is 9.59. The number of hydrogen-bond donors (Lipinski definition) is 1. The Kier molecular flexibility index (Phi) is 5.12. The Morgan fingerprint density at radius 3 is 1.71 bits per heavy atom.